The molecule has 0 saturated heterocycles. The summed E-state index contributed by atoms with van der Waals surface area (Å²) in [4.78, 5) is 0. The summed E-state index contributed by atoms with van der Waals surface area (Å²) < 4.78 is 13.0. The largest absolute Gasteiger partial charge is 0.396 e. The Morgan fingerprint density at radius 3 is 1.89 bits per heavy atom. The number of rotatable bonds is 15. The van der Waals surface area contributed by atoms with Crippen LogP contribution in [0.3, 0.4) is 0 Å². The van der Waals surface area contributed by atoms with Gasteiger partial charge in [-0.1, -0.05) is 75.8 Å². The number of aliphatic hydroxyl groups excluding tert-OH is 1. The molecule has 0 amide bonds. The summed E-state index contributed by atoms with van der Waals surface area (Å²) in [7, 11) is 0. The van der Waals surface area contributed by atoms with Crippen molar-refractivity contribution in [3.8, 4) is 0 Å². The third kappa shape index (κ3) is 8.33. The van der Waals surface area contributed by atoms with Crippen LogP contribution >= 0.6 is 0 Å². The van der Waals surface area contributed by atoms with Gasteiger partial charge in [-0.3, -0.25) is 0 Å². The van der Waals surface area contributed by atoms with E-state index in [-0.39, 0.29) is 24.7 Å². The Labute approximate surface area is 167 Å². The molecule has 0 bridgehead atoms. The highest BCUT2D eigenvalue weighted by molar-refractivity contribution is 5.22. The molecule has 1 aromatic carbocycles. The molecule has 0 aliphatic rings. The second-order valence-electron chi connectivity index (χ2n) is 8.13. The van der Waals surface area contributed by atoms with Gasteiger partial charge in [-0.05, 0) is 40.5 Å². The van der Waals surface area contributed by atoms with E-state index < -0.39 is 5.79 Å². The molecule has 0 fully saturated rings. The monoisotopic (exact) mass is 378 g/mol. The lowest BCUT2D eigenvalue weighted by Crippen LogP contribution is -2.45. The van der Waals surface area contributed by atoms with Gasteiger partial charge in [-0.15, -0.1) is 0 Å². The molecule has 156 valence electrons. The van der Waals surface area contributed by atoms with E-state index in [1.165, 1.54) is 32.1 Å². The molecule has 0 aromatic heterocycles. The van der Waals surface area contributed by atoms with Crippen LogP contribution in [0.15, 0.2) is 30.3 Å². The Kier molecular flexibility index (Phi) is 11.9. The van der Waals surface area contributed by atoms with E-state index in [0.29, 0.717) is 6.42 Å². The Balaban J connectivity index is 3.05. The minimum Gasteiger partial charge on any atom is -0.396 e. The first kappa shape index (κ1) is 24.1. The van der Waals surface area contributed by atoms with E-state index in [9.17, 15) is 5.11 Å². The van der Waals surface area contributed by atoms with Gasteiger partial charge in [0.05, 0.1) is 12.2 Å². The van der Waals surface area contributed by atoms with E-state index in [1.54, 1.807) is 0 Å². The van der Waals surface area contributed by atoms with Crippen molar-refractivity contribution < 1.29 is 14.6 Å². The summed E-state index contributed by atoms with van der Waals surface area (Å²) in [6.07, 6.45) is 9.33. The lowest BCUT2D eigenvalue weighted by Gasteiger charge is -2.43. The van der Waals surface area contributed by atoms with E-state index in [4.69, 9.17) is 9.47 Å². The van der Waals surface area contributed by atoms with Crippen LogP contribution in [-0.4, -0.2) is 23.9 Å². The molecular formula is C24H42O3. The molecule has 0 heterocycles. The highest BCUT2D eigenvalue weighted by atomic mass is 16.7. The van der Waals surface area contributed by atoms with Gasteiger partial charge < -0.3 is 14.6 Å². The molecule has 3 heteroatoms. The molecule has 0 aliphatic heterocycles. The van der Waals surface area contributed by atoms with E-state index >= 15 is 0 Å². The molecule has 1 aromatic rings. The highest BCUT2D eigenvalue weighted by Gasteiger charge is 2.43. The minimum atomic E-state index is -0.810. The Morgan fingerprint density at radius 2 is 1.37 bits per heavy atom. The summed E-state index contributed by atoms with van der Waals surface area (Å²) >= 11 is 0. The normalized spacial score (nSPS) is 13.5. The summed E-state index contributed by atoms with van der Waals surface area (Å²) in [6.45, 7) is 10.6. The number of ether oxygens (including phenoxy) is 2. The molecule has 1 N–H and O–H groups in total. The zero-order chi connectivity index (χ0) is 20.1. The lowest BCUT2D eigenvalue weighted by atomic mass is 9.84. The molecule has 3 nitrogen and oxygen atoms in total. The van der Waals surface area contributed by atoms with Crippen molar-refractivity contribution in [2.24, 2.45) is 5.92 Å². The van der Waals surface area contributed by atoms with Crippen molar-refractivity contribution in [1.82, 2.24) is 0 Å². The van der Waals surface area contributed by atoms with Gasteiger partial charge in [-0.2, -0.15) is 0 Å². The van der Waals surface area contributed by atoms with Crippen molar-refractivity contribution >= 4 is 0 Å². The molecular weight excluding hydrogens is 336 g/mol. The molecule has 1 atom stereocenters. The first-order valence-electron chi connectivity index (χ1n) is 11.0. The van der Waals surface area contributed by atoms with Gasteiger partial charge in [0.1, 0.15) is 0 Å². The predicted octanol–water partition coefficient (Wildman–Crippen LogP) is 6.44. The van der Waals surface area contributed by atoms with Crippen molar-refractivity contribution in [3.05, 3.63) is 35.9 Å². The van der Waals surface area contributed by atoms with Gasteiger partial charge in [0.15, 0.2) is 5.79 Å². The third-order valence-corrected chi connectivity index (χ3v) is 4.92. The Hall–Kier alpha value is -0.900. The van der Waals surface area contributed by atoms with E-state index in [2.05, 4.69) is 46.8 Å². The maximum atomic E-state index is 9.78. The van der Waals surface area contributed by atoms with Crippen molar-refractivity contribution in [2.45, 2.75) is 104 Å². The van der Waals surface area contributed by atoms with Gasteiger partial charge in [0, 0.05) is 18.1 Å². The van der Waals surface area contributed by atoms with Crippen LogP contribution in [0, 0.1) is 5.92 Å². The Bertz CT molecular complexity index is 460. The summed E-state index contributed by atoms with van der Waals surface area (Å²) in [6, 6.07) is 10.3. The van der Waals surface area contributed by atoms with Crippen LogP contribution in [0.5, 0.6) is 0 Å². The van der Waals surface area contributed by atoms with Crippen molar-refractivity contribution in [2.75, 3.05) is 6.61 Å². The van der Waals surface area contributed by atoms with Crippen LogP contribution in [0.2, 0.25) is 0 Å². The summed E-state index contributed by atoms with van der Waals surface area (Å²) in [5, 5.41) is 9.78. The average molecular weight is 379 g/mol. The molecule has 0 spiro atoms. The fraction of sp³-hybridized carbons (Fsp3) is 0.750. The van der Waals surface area contributed by atoms with Crippen molar-refractivity contribution in [1.29, 1.82) is 0 Å². The molecule has 0 aliphatic carbocycles. The van der Waals surface area contributed by atoms with Crippen LogP contribution < -0.4 is 0 Å². The predicted molar refractivity (Wildman–Crippen MR) is 114 cm³/mol. The van der Waals surface area contributed by atoms with Crippen LogP contribution in [0.25, 0.3) is 0 Å². The number of benzene rings is 1. The van der Waals surface area contributed by atoms with Gasteiger partial charge in [-0.25, -0.2) is 0 Å². The van der Waals surface area contributed by atoms with E-state index in [0.717, 1.165) is 18.4 Å². The number of hydrogen-bond acceptors (Lipinski definition) is 3. The number of unbranched alkanes of at least 4 members (excludes halogenated alkanes) is 5. The third-order valence-electron chi connectivity index (χ3n) is 4.92. The summed E-state index contributed by atoms with van der Waals surface area (Å²) in [5.41, 5.74) is 1.05. The molecule has 0 radical (unpaired) electrons. The average Bonchev–Trinajstić information content (AvgIpc) is 2.63. The molecule has 1 unspecified atom stereocenters. The standard InChI is InChI=1S/C24H42O3/c1-6-7-8-9-10-12-17-23(18-19-25)24(26-20(2)3,27-21(4)5)22-15-13-11-14-16-22/h11,13-16,20-21,23,25H,6-10,12,17-19H2,1-5H3. The lowest BCUT2D eigenvalue weighted by molar-refractivity contribution is -0.309. The van der Waals surface area contributed by atoms with Crippen LogP contribution in [0.4, 0.5) is 0 Å². The van der Waals surface area contributed by atoms with Crippen LogP contribution in [0.1, 0.15) is 91.5 Å². The number of aliphatic hydroxyl groups is 1. The number of hydrogen-bond donors (Lipinski definition) is 1. The first-order valence-corrected chi connectivity index (χ1v) is 11.0. The van der Waals surface area contributed by atoms with Gasteiger partial charge in [0.2, 0.25) is 0 Å². The minimum absolute atomic E-state index is 0.0368. The quantitative estimate of drug-likeness (QED) is 0.282. The zero-order valence-corrected chi connectivity index (χ0v) is 18.2. The molecule has 27 heavy (non-hydrogen) atoms. The maximum Gasteiger partial charge on any atom is 0.198 e. The highest BCUT2D eigenvalue weighted by Crippen LogP contribution is 2.42. The second-order valence-corrected chi connectivity index (χ2v) is 8.13. The first-order chi connectivity index (χ1) is 13.0. The summed E-state index contributed by atoms with van der Waals surface area (Å²) in [5.74, 6) is -0.684. The van der Waals surface area contributed by atoms with Gasteiger partial charge >= 0.3 is 0 Å². The van der Waals surface area contributed by atoms with E-state index in [1.807, 2.05) is 18.2 Å². The topological polar surface area (TPSA) is 38.7 Å². The smallest absolute Gasteiger partial charge is 0.198 e. The molecule has 0 saturated carbocycles. The fourth-order valence-corrected chi connectivity index (χ4v) is 3.81. The molecule has 1 rings (SSSR count). The van der Waals surface area contributed by atoms with Crippen LogP contribution in [-0.2, 0) is 15.3 Å². The fourth-order valence-electron chi connectivity index (χ4n) is 3.81. The van der Waals surface area contributed by atoms with Gasteiger partial charge in [0.25, 0.3) is 0 Å². The van der Waals surface area contributed by atoms with Crippen molar-refractivity contribution in [3.63, 3.8) is 0 Å². The Morgan fingerprint density at radius 1 is 0.815 bits per heavy atom. The SMILES string of the molecule is CCCCCCCCC(CCO)C(OC(C)C)(OC(C)C)c1ccccc1. The maximum absolute atomic E-state index is 9.78. The second kappa shape index (κ2) is 13.3. The zero-order valence-electron chi connectivity index (χ0n) is 18.2.